The van der Waals surface area contributed by atoms with Gasteiger partial charge >= 0.3 is 275 Å². The third kappa shape index (κ3) is 8.69. The van der Waals surface area contributed by atoms with Crippen LogP contribution in [0.2, 0.25) is 34.5 Å². The smallest absolute Gasteiger partial charge is 0 e. The van der Waals surface area contributed by atoms with Crippen LogP contribution >= 0.6 is 11.3 Å². The van der Waals surface area contributed by atoms with E-state index in [1.165, 1.54) is 32.0 Å². The van der Waals surface area contributed by atoms with Gasteiger partial charge in [0.25, 0.3) is 0 Å². The predicted octanol–water partition coefficient (Wildman–Crippen LogP) is 11.8. The summed E-state index contributed by atoms with van der Waals surface area (Å²) < 4.78 is 25.6. The van der Waals surface area contributed by atoms with Crippen molar-refractivity contribution in [3.05, 3.63) is 139 Å². The second kappa shape index (κ2) is 15.5. The molecule has 0 saturated carbocycles. The molecular formula is C42H41FGe2IrN2S-2. The number of hydrogen-bond donors (Lipinski definition) is 0. The van der Waals surface area contributed by atoms with Crippen LogP contribution in [-0.4, -0.2) is 36.5 Å². The van der Waals surface area contributed by atoms with Crippen LogP contribution in [0.25, 0.3) is 53.8 Å². The number of nitrogens with zero attached hydrogens (tertiary/aromatic N) is 2. The van der Waals surface area contributed by atoms with Crippen LogP contribution in [0.4, 0.5) is 4.39 Å². The van der Waals surface area contributed by atoms with E-state index in [1.807, 2.05) is 67.8 Å². The van der Waals surface area contributed by atoms with Gasteiger partial charge in [0.2, 0.25) is 0 Å². The summed E-state index contributed by atoms with van der Waals surface area (Å²) in [5, 5.41) is 2.38. The summed E-state index contributed by atoms with van der Waals surface area (Å²) >= 11 is -2.29. The summed E-state index contributed by atoms with van der Waals surface area (Å²) in [5.41, 5.74) is 7.03. The third-order valence-corrected chi connectivity index (χ3v) is 19.6. The van der Waals surface area contributed by atoms with Crippen LogP contribution in [-0.2, 0) is 20.1 Å². The average Bonchev–Trinajstić information content (AvgIpc) is 3.47. The van der Waals surface area contributed by atoms with Crippen molar-refractivity contribution in [1.82, 2.24) is 9.97 Å². The second-order valence-electron chi connectivity index (χ2n) is 14.2. The van der Waals surface area contributed by atoms with E-state index in [4.69, 9.17) is 1.37 Å². The second-order valence-corrected chi connectivity index (χ2v) is 36.9. The van der Waals surface area contributed by atoms with E-state index in [2.05, 4.69) is 99.1 Å². The van der Waals surface area contributed by atoms with Crippen LogP contribution in [0.3, 0.4) is 0 Å². The number of thiophene rings is 1. The Morgan fingerprint density at radius 3 is 2.16 bits per heavy atom. The minimum absolute atomic E-state index is 0. The summed E-state index contributed by atoms with van der Waals surface area (Å²) in [6, 6.07) is 40.1. The van der Waals surface area contributed by atoms with E-state index in [9.17, 15) is 4.39 Å². The Labute approximate surface area is 314 Å². The van der Waals surface area contributed by atoms with Crippen molar-refractivity contribution >= 4 is 62.4 Å². The Morgan fingerprint density at radius 1 is 0.755 bits per heavy atom. The van der Waals surface area contributed by atoms with Gasteiger partial charge in [-0.2, -0.15) is 0 Å². The molecule has 49 heavy (non-hydrogen) atoms. The average molecular weight is 963 g/mol. The van der Waals surface area contributed by atoms with Crippen LogP contribution in [0.1, 0.15) is 18.6 Å². The van der Waals surface area contributed by atoms with Crippen molar-refractivity contribution < 1.29 is 25.9 Å². The van der Waals surface area contributed by atoms with Gasteiger partial charge in [-0.3, -0.25) is 0 Å². The van der Waals surface area contributed by atoms with Gasteiger partial charge in [-0.15, -0.1) is 0 Å². The molecule has 2 nitrogen and oxygen atoms in total. The van der Waals surface area contributed by atoms with Gasteiger partial charge in [0.05, 0.1) is 0 Å². The number of hydrogen-bond acceptors (Lipinski definition) is 3. The fourth-order valence-corrected chi connectivity index (χ4v) is 11.1. The summed E-state index contributed by atoms with van der Waals surface area (Å²) in [5.74, 6) is 13.8. The molecule has 0 spiro atoms. The number of aromatic nitrogens is 2. The molecule has 7 rings (SSSR count). The molecule has 3 aromatic heterocycles. The minimum Gasteiger partial charge on any atom is 0 e. The number of fused-ring (bicyclic) bond motifs is 3. The molecule has 3 heterocycles. The molecule has 0 fully saturated rings. The van der Waals surface area contributed by atoms with E-state index in [0.717, 1.165) is 43.9 Å². The molecule has 251 valence electrons. The first-order valence-corrected chi connectivity index (χ1v) is 31.8. The van der Waals surface area contributed by atoms with Crippen molar-refractivity contribution in [2.75, 3.05) is 0 Å². The van der Waals surface area contributed by atoms with Gasteiger partial charge in [-0.25, -0.2) is 4.39 Å². The first-order chi connectivity index (χ1) is 23.2. The third-order valence-electron chi connectivity index (χ3n) is 8.80. The van der Waals surface area contributed by atoms with E-state index in [1.54, 1.807) is 11.3 Å². The first kappa shape index (κ1) is 35.9. The molecule has 0 aliphatic carbocycles. The monoisotopic (exact) mass is 966 g/mol. The molecule has 1 unspecified atom stereocenters. The minimum atomic E-state index is -2.31. The zero-order chi connectivity index (χ0) is 35.0. The van der Waals surface area contributed by atoms with Crippen molar-refractivity contribution in [1.29, 1.82) is 0 Å². The van der Waals surface area contributed by atoms with Crippen molar-refractivity contribution in [3.63, 3.8) is 0 Å². The first-order valence-electron chi connectivity index (χ1n) is 16.8. The Morgan fingerprint density at radius 2 is 1.51 bits per heavy atom. The SMILES string of the molecule is [2H][C](C)(c1ccnc(-c2[c-]ccc3c2sc2cc(-c4ccc(F)cc4)ccc23)c1)[Ge]([CH3])([CH3])[CH3].[CH3][Ge]([CH3])([CH3])[c]1ccc(-c2[c-]cccc2)nc1.[Ir]. The molecular weight excluding hydrogens is 921 g/mol. The van der Waals surface area contributed by atoms with Crippen molar-refractivity contribution in [2.45, 2.75) is 46.2 Å². The fourth-order valence-electron chi connectivity index (χ4n) is 5.54. The number of rotatable bonds is 6. The molecule has 0 bridgehead atoms. The van der Waals surface area contributed by atoms with Gasteiger partial charge in [0, 0.05) is 20.1 Å². The fraction of sp³-hybridized carbons (Fsp3) is 0.190. The van der Waals surface area contributed by atoms with Gasteiger partial charge in [-0.05, 0) is 12.1 Å². The Kier molecular flexibility index (Phi) is 11.4. The van der Waals surface area contributed by atoms with Gasteiger partial charge in [0.15, 0.2) is 0 Å². The number of pyridine rings is 2. The molecule has 0 aliphatic rings. The topological polar surface area (TPSA) is 25.8 Å². The maximum atomic E-state index is 13.4. The molecule has 7 aromatic rings. The number of benzene rings is 4. The Hall–Kier alpha value is -2.93. The molecule has 1 atom stereocenters. The van der Waals surface area contributed by atoms with Crippen molar-refractivity contribution in [2.24, 2.45) is 0 Å². The molecule has 0 aliphatic heterocycles. The molecule has 4 aromatic carbocycles. The van der Waals surface area contributed by atoms with Gasteiger partial charge < -0.3 is 0 Å². The normalized spacial score (nSPS) is 13.2. The van der Waals surface area contributed by atoms with Crippen LogP contribution in [0.5, 0.6) is 0 Å². The summed E-state index contributed by atoms with van der Waals surface area (Å²) in [7, 11) is 0. The van der Waals surface area contributed by atoms with Crippen LogP contribution in [0, 0.1) is 17.9 Å². The van der Waals surface area contributed by atoms with E-state index < -0.39 is 31.3 Å². The van der Waals surface area contributed by atoms with Gasteiger partial charge in [0.1, 0.15) is 5.82 Å². The molecule has 1 radical (unpaired) electrons. The standard InChI is InChI=1S/C28H25FGeNS.C14H16GeN.Ir/c1-18(30(2,3)4)20-14-15-31-26(16-20)25-7-5-6-24-23-13-10-21(17-27(23)32-28(24)25)19-8-11-22(29)12-9-19;1-15(2,3)13-9-10-14(16-11-13)12-7-5-4-6-8-12;/h5-6,8-18H,1-4H3;4-7,9-11H,1-3H3;/q2*-1;/i18D;;. The Bertz CT molecular complexity index is 2220. The van der Waals surface area contributed by atoms with Gasteiger partial charge in [-0.1, -0.05) is 0 Å². The largest absolute Gasteiger partial charge is 0 e. The maximum Gasteiger partial charge on any atom is 0 e. The summed E-state index contributed by atoms with van der Waals surface area (Å²) in [6.45, 7) is 2.05. The quantitative estimate of drug-likeness (QED) is 0.123. The molecule has 0 N–H and O–H groups in total. The molecule has 0 saturated heterocycles. The maximum absolute atomic E-state index is 13.4. The zero-order valence-electron chi connectivity index (χ0n) is 30.0. The number of halogens is 1. The molecule has 0 amide bonds. The zero-order valence-corrected chi connectivity index (χ0v) is 36.4. The summed E-state index contributed by atoms with van der Waals surface area (Å²) in [4.78, 5) is 9.21. The van der Waals surface area contributed by atoms with Crippen LogP contribution in [0.15, 0.2) is 116 Å². The van der Waals surface area contributed by atoms with Crippen LogP contribution < -0.4 is 4.40 Å². The van der Waals surface area contributed by atoms with E-state index in [0.29, 0.717) is 0 Å². The van der Waals surface area contributed by atoms with E-state index >= 15 is 0 Å². The molecule has 7 heteroatoms. The van der Waals surface area contributed by atoms with Crippen molar-refractivity contribution in [3.8, 4) is 33.6 Å². The predicted molar refractivity (Wildman–Crippen MR) is 210 cm³/mol. The Balaban J connectivity index is 0.000000241. The summed E-state index contributed by atoms with van der Waals surface area (Å²) in [6.07, 6.45) is 3.87. The van der Waals surface area contributed by atoms with E-state index in [-0.39, 0.29) is 25.9 Å².